The summed E-state index contributed by atoms with van der Waals surface area (Å²) in [5.74, 6) is 2.17. The van der Waals surface area contributed by atoms with Crippen molar-refractivity contribution in [3.8, 4) is 11.5 Å². The molecule has 0 fully saturated rings. The first-order valence-corrected chi connectivity index (χ1v) is 9.11. The van der Waals surface area contributed by atoms with Crippen molar-refractivity contribution >= 4 is 11.6 Å². The quantitative estimate of drug-likeness (QED) is 0.601. The largest absolute Gasteiger partial charge is 0.493 e. The van der Waals surface area contributed by atoms with Crippen LogP contribution in [-0.2, 0) is 19.7 Å². The molecule has 0 bridgehead atoms. The Morgan fingerprint density at radius 2 is 1.70 bits per heavy atom. The number of ether oxygens (including phenoxy) is 2. The van der Waals surface area contributed by atoms with Gasteiger partial charge in [0.15, 0.2) is 11.5 Å². The van der Waals surface area contributed by atoms with E-state index in [1.165, 1.54) is 5.56 Å². The SMILES string of the molecule is COc1cc(CNCc2ccc(Cl)cc2)ccc1OCc1c(C)noc1C. The van der Waals surface area contributed by atoms with Gasteiger partial charge in [-0.2, -0.15) is 0 Å². The molecule has 3 aromatic rings. The van der Waals surface area contributed by atoms with Gasteiger partial charge in [0.2, 0.25) is 0 Å². The molecule has 0 radical (unpaired) electrons. The van der Waals surface area contributed by atoms with Crippen LogP contribution in [-0.4, -0.2) is 12.3 Å². The first kappa shape index (κ1) is 19.3. The zero-order chi connectivity index (χ0) is 19.2. The smallest absolute Gasteiger partial charge is 0.161 e. The van der Waals surface area contributed by atoms with Gasteiger partial charge in [0.1, 0.15) is 12.4 Å². The minimum Gasteiger partial charge on any atom is -0.493 e. The molecule has 0 aliphatic carbocycles. The number of methoxy groups -OCH3 is 1. The van der Waals surface area contributed by atoms with Crippen LogP contribution >= 0.6 is 11.6 Å². The van der Waals surface area contributed by atoms with E-state index in [4.69, 9.17) is 25.6 Å². The van der Waals surface area contributed by atoms with Crippen LogP contribution in [0.15, 0.2) is 47.0 Å². The van der Waals surface area contributed by atoms with E-state index in [0.717, 1.165) is 40.7 Å². The highest BCUT2D eigenvalue weighted by atomic mass is 35.5. The highest BCUT2D eigenvalue weighted by Crippen LogP contribution is 2.29. The second-order valence-electron chi connectivity index (χ2n) is 6.31. The van der Waals surface area contributed by atoms with Gasteiger partial charge in [-0.05, 0) is 49.2 Å². The second kappa shape index (κ2) is 8.93. The lowest BCUT2D eigenvalue weighted by atomic mass is 10.1. The van der Waals surface area contributed by atoms with E-state index in [-0.39, 0.29) is 0 Å². The maximum atomic E-state index is 5.92. The fourth-order valence-corrected chi connectivity index (χ4v) is 2.88. The lowest BCUT2D eigenvalue weighted by Crippen LogP contribution is -2.12. The van der Waals surface area contributed by atoms with Gasteiger partial charge < -0.3 is 19.3 Å². The number of halogens is 1. The number of hydrogen-bond acceptors (Lipinski definition) is 5. The summed E-state index contributed by atoms with van der Waals surface area (Å²) in [6.45, 7) is 5.67. The number of aryl methyl sites for hydroxylation is 2. The molecule has 0 aliphatic heterocycles. The van der Waals surface area contributed by atoms with Crippen molar-refractivity contribution in [1.29, 1.82) is 0 Å². The second-order valence-corrected chi connectivity index (χ2v) is 6.74. The standard InChI is InChI=1S/C21H23ClN2O3/c1-14-19(15(2)27-24-14)13-26-20-9-6-17(10-21(20)25-3)12-23-11-16-4-7-18(22)8-5-16/h4-10,23H,11-13H2,1-3H3. The Morgan fingerprint density at radius 3 is 2.37 bits per heavy atom. The molecule has 0 saturated heterocycles. The predicted octanol–water partition coefficient (Wildman–Crippen LogP) is 4.82. The van der Waals surface area contributed by atoms with Gasteiger partial charge in [0, 0.05) is 18.1 Å². The van der Waals surface area contributed by atoms with Crippen LogP contribution in [0.3, 0.4) is 0 Å². The molecule has 1 heterocycles. The normalized spacial score (nSPS) is 10.8. The van der Waals surface area contributed by atoms with Gasteiger partial charge in [-0.15, -0.1) is 0 Å². The van der Waals surface area contributed by atoms with Crippen LogP contribution < -0.4 is 14.8 Å². The molecule has 0 unspecified atom stereocenters. The van der Waals surface area contributed by atoms with Crippen LogP contribution in [0.5, 0.6) is 11.5 Å². The van der Waals surface area contributed by atoms with Crippen molar-refractivity contribution < 1.29 is 14.0 Å². The summed E-state index contributed by atoms with van der Waals surface area (Å²) in [5, 5.41) is 8.11. The van der Waals surface area contributed by atoms with Crippen molar-refractivity contribution in [2.24, 2.45) is 0 Å². The van der Waals surface area contributed by atoms with Crippen LogP contribution in [0.25, 0.3) is 0 Å². The minimum atomic E-state index is 0.395. The molecular weight excluding hydrogens is 364 g/mol. The van der Waals surface area contributed by atoms with E-state index in [1.54, 1.807) is 7.11 Å². The lowest BCUT2D eigenvalue weighted by molar-refractivity contribution is 0.281. The molecule has 0 aliphatic rings. The predicted molar refractivity (Wildman–Crippen MR) is 105 cm³/mol. The maximum absolute atomic E-state index is 5.92. The molecule has 0 atom stereocenters. The maximum Gasteiger partial charge on any atom is 0.161 e. The first-order valence-electron chi connectivity index (χ1n) is 8.73. The highest BCUT2D eigenvalue weighted by molar-refractivity contribution is 6.30. The average molecular weight is 387 g/mol. The van der Waals surface area contributed by atoms with E-state index < -0.39 is 0 Å². The number of nitrogens with one attached hydrogen (secondary N) is 1. The summed E-state index contributed by atoms with van der Waals surface area (Å²) in [7, 11) is 1.64. The molecule has 1 N–H and O–H groups in total. The van der Waals surface area contributed by atoms with Crippen molar-refractivity contribution in [3.63, 3.8) is 0 Å². The highest BCUT2D eigenvalue weighted by Gasteiger charge is 2.12. The van der Waals surface area contributed by atoms with E-state index in [0.29, 0.717) is 18.1 Å². The third kappa shape index (κ3) is 5.02. The van der Waals surface area contributed by atoms with E-state index in [2.05, 4.69) is 10.5 Å². The summed E-state index contributed by atoms with van der Waals surface area (Å²) in [4.78, 5) is 0. The third-order valence-electron chi connectivity index (χ3n) is 4.35. The van der Waals surface area contributed by atoms with E-state index >= 15 is 0 Å². The molecule has 1 aromatic heterocycles. The summed E-state index contributed by atoms with van der Waals surface area (Å²) in [5.41, 5.74) is 4.11. The Morgan fingerprint density at radius 1 is 1.00 bits per heavy atom. The van der Waals surface area contributed by atoms with Crippen molar-refractivity contribution in [1.82, 2.24) is 10.5 Å². The van der Waals surface area contributed by atoms with Crippen LogP contribution in [0.2, 0.25) is 5.02 Å². The first-order chi connectivity index (χ1) is 13.1. The molecule has 142 valence electrons. The Hall–Kier alpha value is -2.50. The fourth-order valence-electron chi connectivity index (χ4n) is 2.75. The van der Waals surface area contributed by atoms with Crippen LogP contribution in [0.1, 0.15) is 28.1 Å². The molecule has 5 nitrogen and oxygen atoms in total. The van der Waals surface area contributed by atoms with Gasteiger partial charge in [-0.25, -0.2) is 0 Å². The Kier molecular flexibility index (Phi) is 6.37. The van der Waals surface area contributed by atoms with Crippen molar-refractivity contribution in [2.75, 3.05) is 7.11 Å². The summed E-state index contributed by atoms with van der Waals surface area (Å²) in [6.07, 6.45) is 0. The number of nitrogens with zero attached hydrogens (tertiary/aromatic N) is 1. The number of rotatable bonds is 8. The Labute approximate surface area is 164 Å². The molecule has 0 spiro atoms. The molecular formula is C21H23ClN2O3. The summed E-state index contributed by atoms with van der Waals surface area (Å²) in [6, 6.07) is 13.8. The van der Waals surface area contributed by atoms with Crippen LogP contribution in [0.4, 0.5) is 0 Å². The number of hydrogen-bond donors (Lipinski definition) is 1. The molecule has 3 rings (SSSR count). The van der Waals surface area contributed by atoms with Gasteiger partial charge in [-0.3, -0.25) is 0 Å². The fraction of sp³-hybridized carbons (Fsp3) is 0.286. The Balaban J connectivity index is 1.59. The molecule has 0 amide bonds. The third-order valence-corrected chi connectivity index (χ3v) is 4.60. The zero-order valence-corrected chi connectivity index (χ0v) is 16.5. The molecule has 6 heteroatoms. The topological polar surface area (TPSA) is 56.5 Å². The van der Waals surface area contributed by atoms with E-state index in [1.807, 2.05) is 56.3 Å². The van der Waals surface area contributed by atoms with Crippen molar-refractivity contribution in [2.45, 2.75) is 33.5 Å². The van der Waals surface area contributed by atoms with Gasteiger partial charge in [0.05, 0.1) is 18.4 Å². The molecule has 0 saturated carbocycles. The van der Waals surface area contributed by atoms with E-state index in [9.17, 15) is 0 Å². The minimum absolute atomic E-state index is 0.395. The summed E-state index contributed by atoms with van der Waals surface area (Å²) < 4.78 is 16.6. The number of benzene rings is 2. The van der Waals surface area contributed by atoms with Crippen molar-refractivity contribution in [3.05, 3.63) is 75.6 Å². The van der Waals surface area contributed by atoms with Gasteiger partial charge in [-0.1, -0.05) is 35.0 Å². The Bertz CT molecular complexity index is 871. The summed E-state index contributed by atoms with van der Waals surface area (Å²) >= 11 is 5.91. The monoisotopic (exact) mass is 386 g/mol. The number of aromatic nitrogens is 1. The van der Waals surface area contributed by atoms with Gasteiger partial charge in [0.25, 0.3) is 0 Å². The van der Waals surface area contributed by atoms with Crippen LogP contribution in [0, 0.1) is 13.8 Å². The molecule has 2 aromatic carbocycles. The zero-order valence-electron chi connectivity index (χ0n) is 15.7. The van der Waals surface area contributed by atoms with Gasteiger partial charge >= 0.3 is 0 Å². The lowest BCUT2D eigenvalue weighted by Gasteiger charge is -2.13. The molecule has 27 heavy (non-hydrogen) atoms. The average Bonchev–Trinajstić information content (AvgIpc) is 3.00.